The maximum absolute atomic E-state index is 13.1. The second-order valence-corrected chi connectivity index (χ2v) is 4.41. The van der Waals surface area contributed by atoms with Crippen LogP contribution in [-0.2, 0) is 13.1 Å². The summed E-state index contributed by atoms with van der Waals surface area (Å²) in [5, 5.41) is 3.59. The van der Waals surface area contributed by atoms with Gasteiger partial charge in [0.15, 0.2) is 0 Å². The van der Waals surface area contributed by atoms with Crippen LogP contribution in [0.1, 0.15) is 17.1 Å². The Morgan fingerprint density at radius 3 is 2.83 bits per heavy atom. The summed E-state index contributed by atoms with van der Waals surface area (Å²) in [6, 6.07) is 6.34. The van der Waals surface area contributed by atoms with Crippen molar-refractivity contribution in [2.75, 3.05) is 0 Å². The molecule has 1 aromatic carbocycles. The molecule has 5 heteroatoms. The zero-order valence-corrected chi connectivity index (χ0v) is 10.7. The van der Waals surface area contributed by atoms with Crippen molar-refractivity contribution in [2.24, 2.45) is 0 Å². The van der Waals surface area contributed by atoms with Crippen molar-refractivity contribution in [1.29, 1.82) is 0 Å². The average molecular weight is 266 g/mol. The number of benzene rings is 1. The highest BCUT2D eigenvalue weighted by atomic mass is 35.5. The molecule has 0 aliphatic rings. The molecule has 3 nitrogen and oxygen atoms in total. The standard InChI is InChI=1S/C13H13ClFN3/c1-9-17-3-2-13(18-9)8-16-7-10-4-11(14)6-12(15)5-10/h2-6,16H,7-8H2,1H3. The van der Waals surface area contributed by atoms with E-state index in [1.807, 2.05) is 13.0 Å². The Hall–Kier alpha value is -1.52. The number of nitrogens with zero attached hydrogens (tertiary/aromatic N) is 2. The minimum absolute atomic E-state index is 0.322. The van der Waals surface area contributed by atoms with Crippen LogP contribution in [0.25, 0.3) is 0 Å². The van der Waals surface area contributed by atoms with E-state index in [4.69, 9.17) is 11.6 Å². The molecule has 0 aliphatic heterocycles. The van der Waals surface area contributed by atoms with E-state index in [2.05, 4.69) is 15.3 Å². The van der Waals surface area contributed by atoms with E-state index >= 15 is 0 Å². The summed E-state index contributed by atoms with van der Waals surface area (Å²) in [6.45, 7) is 2.99. The van der Waals surface area contributed by atoms with Crippen LogP contribution in [-0.4, -0.2) is 9.97 Å². The van der Waals surface area contributed by atoms with E-state index in [1.54, 1.807) is 12.3 Å². The highest BCUT2D eigenvalue weighted by Gasteiger charge is 2.00. The quantitative estimate of drug-likeness (QED) is 0.924. The summed E-state index contributed by atoms with van der Waals surface area (Å²) >= 11 is 5.78. The Balaban J connectivity index is 1.92. The normalized spacial score (nSPS) is 10.6. The van der Waals surface area contributed by atoms with E-state index in [0.29, 0.717) is 18.1 Å². The van der Waals surface area contributed by atoms with Gasteiger partial charge in [-0.05, 0) is 36.8 Å². The SMILES string of the molecule is Cc1nccc(CNCc2cc(F)cc(Cl)c2)n1. The van der Waals surface area contributed by atoms with Crippen molar-refractivity contribution >= 4 is 11.6 Å². The number of hydrogen-bond donors (Lipinski definition) is 1. The Bertz CT molecular complexity index is 525. The van der Waals surface area contributed by atoms with Crippen molar-refractivity contribution in [3.8, 4) is 0 Å². The molecule has 0 bridgehead atoms. The Labute approximate surface area is 110 Å². The van der Waals surface area contributed by atoms with Gasteiger partial charge in [-0.25, -0.2) is 14.4 Å². The molecule has 1 heterocycles. The summed E-state index contributed by atoms with van der Waals surface area (Å²) in [5.74, 6) is 0.417. The summed E-state index contributed by atoms with van der Waals surface area (Å²) in [5.41, 5.74) is 1.72. The molecule has 18 heavy (non-hydrogen) atoms. The first-order valence-electron chi connectivity index (χ1n) is 5.58. The third-order valence-corrected chi connectivity index (χ3v) is 2.61. The molecule has 0 amide bonds. The van der Waals surface area contributed by atoms with Gasteiger partial charge in [0.05, 0.1) is 5.69 Å². The van der Waals surface area contributed by atoms with Crippen molar-refractivity contribution in [3.63, 3.8) is 0 Å². The van der Waals surface area contributed by atoms with Crippen LogP contribution in [0.4, 0.5) is 4.39 Å². The summed E-state index contributed by atoms with van der Waals surface area (Å²) in [7, 11) is 0. The van der Waals surface area contributed by atoms with Gasteiger partial charge in [0.25, 0.3) is 0 Å². The Morgan fingerprint density at radius 2 is 2.11 bits per heavy atom. The number of halogens is 2. The van der Waals surface area contributed by atoms with Gasteiger partial charge in [-0.2, -0.15) is 0 Å². The summed E-state index contributed by atoms with van der Waals surface area (Å²) in [6.07, 6.45) is 1.72. The molecule has 0 saturated carbocycles. The van der Waals surface area contributed by atoms with Crippen LogP contribution < -0.4 is 5.32 Å². The number of aromatic nitrogens is 2. The average Bonchev–Trinajstić information content (AvgIpc) is 2.27. The van der Waals surface area contributed by atoms with Gasteiger partial charge in [-0.3, -0.25) is 0 Å². The molecule has 2 aromatic rings. The molecular weight excluding hydrogens is 253 g/mol. The molecule has 1 aromatic heterocycles. The lowest BCUT2D eigenvalue weighted by Crippen LogP contribution is -2.14. The zero-order valence-electron chi connectivity index (χ0n) is 9.95. The minimum atomic E-state index is -0.322. The first-order valence-corrected chi connectivity index (χ1v) is 5.95. The van der Waals surface area contributed by atoms with Crippen LogP contribution in [0.15, 0.2) is 30.5 Å². The van der Waals surface area contributed by atoms with Gasteiger partial charge in [0.2, 0.25) is 0 Å². The third kappa shape index (κ3) is 3.75. The lowest BCUT2D eigenvalue weighted by molar-refractivity contribution is 0.619. The van der Waals surface area contributed by atoms with Gasteiger partial charge >= 0.3 is 0 Å². The van der Waals surface area contributed by atoms with Gasteiger partial charge in [-0.1, -0.05) is 11.6 Å². The van der Waals surface area contributed by atoms with Crippen molar-refractivity contribution in [1.82, 2.24) is 15.3 Å². The zero-order chi connectivity index (χ0) is 13.0. The predicted molar refractivity (Wildman–Crippen MR) is 68.7 cm³/mol. The number of nitrogens with one attached hydrogen (secondary N) is 1. The monoisotopic (exact) mass is 265 g/mol. The van der Waals surface area contributed by atoms with Crippen LogP contribution in [0.5, 0.6) is 0 Å². The van der Waals surface area contributed by atoms with Gasteiger partial charge in [-0.15, -0.1) is 0 Å². The Kier molecular flexibility index (Phi) is 4.23. The fraction of sp³-hybridized carbons (Fsp3) is 0.231. The molecule has 94 valence electrons. The maximum Gasteiger partial charge on any atom is 0.125 e. The van der Waals surface area contributed by atoms with E-state index in [1.165, 1.54) is 12.1 Å². The molecule has 0 spiro atoms. The molecule has 1 N–H and O–H groups in total. The van der Waals surface area contributed by atoms with E-state index in [0.717, 1.165) is 17.1 Å². The van der Waals surface area contributed by atoms with E-state index < -0.39 is 0 Å². The maximum atomic E-state index is 13.1. The third-order valence-electron chi connectivity index (χ3n) is 2.39. The first-order chi connectivity index (χ1) is 8.63. The molecule has 0 unspecified atom stereocenters. The molecule has 2 rings (SSSR count). The van der Waals surface area contributed by atoms with Gasteiger partial charge in [0.1, 0.15) is 11.6 Å². The number of rotatable bonds is 4. The topological polar surface area (TPSA) is 37.8 Å². The van der Waals surface area contributed by atoms with E-state index in [-0.39, 0.29) is 5.82 Å². The molecule has 0 radical (unpaired) electrons. The molecule has 0 atom stereocenters. The van der Waals surface area contributed by atoms with Crippen molar-refractivity contribution in [2.45, 2.75) is 20.0 Å². The lowest BCUT2D eigenvalue weighted by Gasteiger charge is -2.05. The van der Waals surface area contributed by atoms with Crippen LogP contribution >= 0.6 is 11.6 Å². The summed E-state index contributed by atoms with van der Waals surface area (Å²) in [4.78, 5) is 8.29. The second-order valence-electron chi connectivity index (χ2n) is 3.98. The largest absolute Gasteiger partial charge is 0.307 e. The van der Waals surface area contributed by atoms with Crippen molar-refractivity contribution in [3.05, 3.63) is 58.4 Å². The molecule has 0 aliphatic carbocycles. The highest BCUT2D eigenvalue weighted by Crippen LogP contribution is 2.13. The van der Waals surface area contributed by atoms with Gasteiger partial charge in [0, 0.05) is 24.3 Å². The fourth-order valence-electron chi connectivity index (χ4n) is 1.65. The van der Waals surface area contributed by atoms with Crippen LogP contribution in [0.2, 0.25) is 5.02 Å². The van der Waals surface area contributed by atoms with Crippen molar-refractivity contribution < 1.29 is 4.39 Å². The number of aryl methyl sites for hydroxylation is 1. The van der Waals surface area contributed by atoms with Gasteiger partial charge < -0.3 is 5.32 Å². The van der Waals surface area contributed by atoms with Crippen LogP contribution in [0, 0.1) is 12.7 Å². The lowest BCUT2D eigenvalue weighted by atomic mass is 10.2. The molecular formula is C13H13ClFN3. The second kappa shape index (κ2) is 5.89. The highest BCUT2D eigenvalue weighted by molar-refractivity contribution is 6.30. The predicted octanol–water partition coefficient (Wildman–Crippen LogP) is 2.87. The molecule has 0 fully saturated rings. The van der Waals surface area contributed by atoms with E-state index in [9.17, 15) is 4.39 Å². The fourth-order valence-corrected chi connectivity index (χ4v) is 1.90. The summed E-state index contributed by atoms with van der Waals surface area (Å²) < 4.78 is 13.1. The Morgan fingerprint density at radius 1 is 1.28 bits per heavy atom. The van der Waals surface area contributed by atoms with Crippen LogP contribution in [0.3, 0.4) is 0 Å². The first kappa shape index (κ1) is 12.9. The number of hydrogen-bond acceptors (Lipinski definition) is 3. The molecule has 0 saturated heterocycles. The smallest absolute Gasteiger partial charge is 0.125 e. The minimum Gasteiger partial charge on any atom is -0.307 e.